The van der Waals surface area contributed by atoms with Crippen LogP contribution in [0, 0.1) is 11.8 Å². The third kappa shape index (κ3) is 1.66. The molecule has 0 spiro atoms. The van der Waals surface area contributed by atoms with Gasteiger partial charge in [0.05, 0.1) is 6.10 Å². The van der Waals surface area contributed by atoms with E-state index >= 15 is 0 Å². The average Bonchev–Trinajstić information content (AvgIpc) is 2.53. The lowest BCUT2D eigenvalue weighted by atomic mass is 9.78. The molecule has 0 amide bonds. The second kappa shape index (κ2) is 3.78. The first-order chi connectivity index (χ1) is 5.88. The summed E-state index contributed by atoms with van der Waals surface area (Å²) in [6, 6.07) is 0. The van der Waals surface area contributed by atoms with Crippen molar-refractivity contribution in [3.05, 3.63) is 0 Å². The monoisotopic (exact) mass is 168 g/mol. The Hall–Kier alpha value is -0.0400. The second-order valence-electron chi connectivity index (χ2n) is 4.56. The van der Waals surface area contributed by atoms with Crippen molar-refractivity contribution in [2.45, 2.75) is 57.5 Å². The van der Waals surface area contributed by atoms with Gasteiger partial charge in [-0.05, 0) is 24.7 Å². The Morgan fingerprint density at radius 3 is 2.08 bits per heavy atom. The largest absolute Gasteiger partial charge is 0.393 e. The number of hydrogen-bond donors (Lipinski definition) is 1. The van der Waals surface area contributed by atoms with E-state index in [4.69, 9.17) is 0 Å². The van der Waals surface area contributed by atoms with Gasteiger partial charge < -0.3 is 5.11 Å². The van der Waals surface area contributed by atoms with Gasteiger partial charge in [-0.1, -0.05) is 38.5 Å². The van der Waals surface area contributed by atoms with E-state index in [0.29, 0.717) is 5.92 Å². The molecule has 0 aromatic carbocycles. The SMILES string of the molecule is OC1CCC[C@@H]1C1CCCCC1. The van der Waals surface area contributed by atoms with Gasteiger partial charge in [0.2, 0.25) is 0 Å². The van der Waals surface area contributed by atoms with Gasteiger partial charge in [-0.25, -0.2) is 0 Å². The Bertz CT molecular complexity index is 138. The molecule has 1 N–H and O–H groups in total. The Morgan fingerprint density at radius 2 is 1.50 bits per heavy atom. The highest BCUT2D eigenvalue weighted by molar-refractivity contribution is 4.83. The molecule has 2 rings (SSSR count). The van der Waals surface area contributed by atoms with E-state index in [9.17, 15) is 5.11 Å². The van der Waals surface area contributed by atoms with E-state index in [2.05, 4.69) is 0 Å². The first-order valence-corrected chi connectivity index (χ1v) is 5.56. The van der Waals surface area contributed by atoms with Gasteiger partial charge in [0, 0.05) is 0 Å². The maximum atomic E-state index is 9.74. The zero-order valence-electron chi connectivity index (χ0n) is 7.84. The van der Waals surface area contributed by atoms with Crippen LogP contribution in [0.2, 0.25) is 0 Å². The van der Waals surface area contributed by atoms with E-state index in [1.165, 1.54) is 44.9 Å². The minimum absolute atomic E-state index is 0.0492. The van der Waals surface area contributed by atoms with Crippen LogP contribution in [-0.2, 0) is 0 Å². The average molecular weight is 168 g/mol. The third-order valence-electron chi connectivity index (χ3n) is 3.79. The van der Waals surface area contributed by atoms with E-state index in [1.807, 2.05) is 0 Å². The third-order valence-corrected chi connectivity index (χ3v) is 3.79. The predicted molar refractivity (Wildman–Crippen MR) is 49.9 cm³/mol. The van der Waals surface area contributed by atoms with E-state index in [1.54, 1.807) is 0 Å². The minimum atomic E-state index is 0.0492. The normalized spacial score (nSPS) is 38.8. The maximum Gasteiger partial charge on any atom is 0.0571 e. The molecular weight excluding hydrogens is 148 g/mol. The molecule has 2 fully saturated rings. The van der Waals surface area contributed by atoms with Crippen molar-refractivity contribution < 1.29 is 5.11 Å². The highest BCUT2D eigenvalue weighted by atomic mass is 16.3. The van der Waals surface area contributed by atoms with Gasteiger partial charge in [-0.15, -0.1) is 0 Å². The first-order valence-electron chi connectivity index (χ1n) is 5.56. The summed E-state index contributed by atoms with van der Waals surface area (Å²) in [7, 11) is 0. The molecule has 0 aromatic rings. The first kappa shape index (κ1) is 8.55. The van der Waals surface area contributed by atoms with Crippen LogP contribution in [0.5, 0.6) is 0 Å². The standard InChI is InChI=1S/C11H20O/c12-11-8-4-7-10(11)9-5-2-1-3-6-9/h9-12H,1-8H2/t10-,11?/m1/s1. The highest BCUT2D eigenvalue weighted by Crippen LogP contribution is 2.39. The quantitative estimate of drug-likeness (QED) is 0.638. The fourth-order valence-corrected chi connectivity index (χ4v) is 3.08. The van der Waals surface area contributed by atoms with Gasteiger partial charge in [-0.2, -0.15) is 0 Å². The number of aliphatic hydroxyl groups is 1. The molecule has 12 heavy (non-hydrogen) atoms. The molecule has 2 saturated carbocycles. The van der Waals surface area contributed by atoms with Crippen molar-refractivity contribution in [2.75, 3.05) is 0 Å². The van der Waals surface area contributed by atoms with Crippen molar-refractivity contribution in [3.8, 4) is 0 Å². The van der Waals surface area contributed by atoms with Crippen LogP contribution in [0.1, 0.15) is 51.4 Å². The topological polar surface area (TPSA) is 20.2 Å². The van der Waals surface area contributed by atoms with Gasteiger partial charge >= 0.3 is 0 Å². The molecule has 0 radical (unpaired) electrons. The molecule has 70 valence electrons. The summed E-state index contributed by atoms with van der Waals surface area (Å²) in [4.78, 5) is 0. The van der Waals surface area contributed by atoms with Crippen molar-refractivity contribution >= 4 is 0 Å². The van der Waals surface area contributed by atoms with Crippen LogP contribution in [0.15, 0.2) is 0 Å². The zero-order chi connectivity index (χ0) is 8.39. The van der Waals surface area contributed by atoms with Crippen LogP contribution in [0.3, 0.4) is 0 Å². The Labute approximate surface area is 75.2 Å². The molecule has 1 unspecified atom stereocenters. The summed E-state index contributed by atoms with van der Waals surface area (Å²) < 4.78 is 0. The summed E-state index contributed by atoms with van der Waals surface area (Å²) in [5.74, 6) is 1.54. The van der Waals surface area contributed by atoms with Crippen molar-refractivity contribution in [2.24, 2.45) is 11.8 Å². The van der Waals surface area contributed by atoms with Crippen molar-refractivity contribution in [1.82, 2.24) is 0 Å². The lowest BCUT2D eigenvalue weighted by molar-refractivity contribution is 0.0832. The van der Waals surface area contributed by atoms with Crippen LogP contribution in [0.4, 0.5) is 0 Å². The maximum absolute atomic E-state index is 9.74. The predicted octanol–water partition coefficient (Wildman–Crippen LogP) is 2.73. The van der Waals surface area contributed by atoms with Crippen molar-refractivity contribution in [3.63, 3.8) is 0 Å². The van der Waals surface area contributed by atoms with E-state index in [-0.39, 0.29) is 6.10 Å². The molecule has 2 aliphatic rings. The van der Waals surface area contributed by atoms with Gasteiger partial charge in [0.1, 0.15) is 0 Å². The fraction of sp³-hybridized carbons (Fsp3) is 1.00. The molecule has 1 nitrogen and oxygen atoms in total. The van der Waals surface area contributed by atoms with Crippen LogP contribution >= 0.6 is 0 Å². The molecule has 0 bridgehead atoms. The molecule has 0 aromatic heterocycles. The fourth-order valence-electron chi connectivity index (χ4n) is 3.08. The zero-order valence-corrected chi connectivity index (χ0v) is 7.84. The number of aliphatic hydroxyl groups excluding tert-OH is 1. The van der Waals surface area contributed by atoms with Crippen LogP contribution in [-0.4, -0.2) is 11.2 Å². The lowest BCUT2D eigenvalue weighted by Gasteiger charge is -2.29. The Morgan fingerprint density at radius 1 is 0.750 bits per heavy atom. The van der Waals surface area contributed by atoms with Crippen molar-refractivity contribution in [1.29, 1.82) is 0 Å². The van der Waals surface area contributed by atoms with Crippen LogP contribution in [0.25, 0.3) is 0 Å². The minimum Gasteiger partial charge on any atom is -0.393 e. The number of rotatable bonds is 1. The van der Waals surface area contributed by atoms with Gasteiger partial charge in [-0.3, -0.25) is 0 Å². The van der Waals surface area contributed by atoms with Crippen LogP contribution < -0.4 is 0 Å². The second-order valence-corrected chi connectivity index (χ2v) is 4.56. The Balaban J connectivity index is 1.89. The van der Waals surface area contributed by atoms with E-state index in [0.717, 1.165) is 12.3 Å². The molecular formula is C11H20O. The molecule has 0 heterocycles. The molecule has 2 atom stereocenters. The molecule has 1 heteroatoms. The van der Waals surface area contributed by atoms with E-state index < -0.39 is 0 Å². The molecule has 2 aliphatic carbocycles. The lowest BCUT2D eigenvalue weighted by Crippen LogP contribution is -2.24. The highest BCUT2D eigenvalue weighted by Gasteiger charge is 2.32. The van der Waals surface area contributed by atoms with Gasteiger partial charge in [0.25, 0.3) is 0 Å². The molecule has 0 aliphatic heterocycles. The Kier molecular flexibility index (Phi) is 2.69. The summed E-state index contributed by atoms with van der Waals surface area (Å²) in [5.41, 5.74) is 0. The molecule has 0 saturated heterocycles. The summed E-state index contributed by atoms with van der Waals surface area (Å²) in [6.07, 6.45) is 10.7. The summed E-state index contributed by atoms with van der Waals surface area (Å²) in [5, 5.41) is 9.74. The summed E-state index contributed by atoms with van der Waals surface area (Å²) >= 11 is 0. The number of hydrogen-bond acceptors (Lipinski definition) is 1. The van der Waals surface area contributed by atoms with Gasteiger partial charge in [0.15, 0.2) is 0 Å². The smallest absolute Gasteiger partial charge is 0.0571 e. The summed E-state index contributed by atoms with van der Waals surface area (Å²) in [6.45, 7) is 0.